The average Bonchev–Trinajstić information content (AvgIpc) is 3.50. The van der Waals surface area contributed by atoms with Crippen LogP contribution < -0.4 is 0 Å². The fourth-order valence-corrected chi connectivity index (χ4v) is 3.81. The zero-order valence-electron chi connectivity index (χ0n) is 19.3. The second-order valence-corrected chi connectivity index (χ2v) is 8.30. The summed E-state index contributed by atoms with van der Waals surface area (Å²) in [7, 11) is 0. The van der Waals surface area contributed by atoms with Gasteiger partial charge in [-0.15, -0.1) is 0 Å². The van der Waals surface area contributed by atoms with Crippen LogP contribution in [0.5, 0.6) is 0 Å². The van der Waals surface area contributed by atoms with Gasteiger partial charge >= 0.3 is 0 Å². The zero-order chi connectivity index (χ0) is 21.7. The minimum Gasteiger partial charge on any atom is -0.497 e. The van der Waals surface area contributed by atoms with Gasteiger partial charge in [0, 0.05) is 26.4 Å². The van der Waals surface area contributed by atoms with E-state index in [1.165, 1.54) is 77.4 Å². The minimum absolute atomic E-state index is 0.733. The van der Waals surface area contributed by atoms with Crippen molar-refractivity contribution in [2.45, 2.75) is 57.8 Å². The highest BCUT2D eigenvalue weighted by atomic mass is 16.5. The molecule has 5 fully saturated rings. The van der Waals surface area contributed by atoms with Crippen LogP contribution in [-0.2, 0) is 14.2 Å². The summed E-state index contributed by atoms with van der Waals surface area (Å²) in [6.07, 6.45) is 23.0. The van der Waals surface area contributed by atoms with Crippen LogP contribution in [0.2, 0.25) is 0 Å². The molecule has 0 spiro atoms. The van der Waals surface area contributed by atoms with Gasteiger partial charge in [0.2, 0.25) is 0 Å². The van der Waals surface area contributed by atoms with Crippen molar-refractivity contribution in [2.24, 2.45) is 5.92 Å². The molecule has 176 valence electrons. The third kappa shape index (κ3) is 15.0. The third-order valence-corrected chi connectivity index (χ3v) is 5.76. The van der Waals surface area contributed by atoms with E-state index in [1.807, 2.05) is 30.4 Å². The molecular formula is C26H43NO4. The summed E-state index contributed by atoms with van der Waals surface area (Å²) in [4.78, 5) is 2.58. The van der Waals surface area contributed by atoms with E-state index in [-0.39, 0.29) is 0 Å². The van der Waals surface area contributed by atoms with E-state index < -0.39 is 0 Å². The molecule has 1 aromatic rings. The maximum Gasteiger partial charge on any atom is 0.106 e. The number of ether oxygens (including phenoxy) is 3. The summed E-state index contributed by atoms with van der Waals surface area (Å²) >= 11 is 0. The normalized spacial score (nSPS) is 25.5. The fourth-order valence-electron chi connectivity index (χ4n) is 3.81. The molecule has 6 aliphatic heterocycles. The summed E-state index contributed by atoms with van der Waals surface area (Å²) in [5, 5.41) is 0. The Morgan fingerprint density at radius 2 is 1.19 bits per heavy atom. The van der Waals surface area contributed by atoms with Gasteiger partial charge in [0.25, 0.3) is 0 Å². The molecule has 0 saturated carbocycles. The molecule has 0 unspecified atom stereocenters. The van der Waals surface area contributed by atoms with Crippen molar-refractivity contribution in [1.82, 2.24) is 4.90 Å². The molecule has 0 aromatic carbocycles. The van der Waals surface area contributed by atoms with Crippen molar-refractivity contribution in [1.29, 1.82) is 0 Å². The number of allylic oxidation sites excluding steroid dienone is 2. The van der Waals surface area contributed by atoms with Crippen molar-refractivity contribution < 1.29 is 18.6 Å². The van der Waals surface area contributed by atoms with E-state index in [2.05, 4.69) is 9.32 Å². The van der Waals surface area contributed by atoms with E-state index in [4.69, 9.17) is 14.2 Å². The smallest absolute Gasteiger partial charge is 0.106 e. The number of hydrogen-bond donors (Lipinski definition) is 0. The number of rotatable bonds is 0. The number of hydrogen-bond acceptors (Lipinski definition) is 5. The zero-order valence-corrected chi connectivity index (χ0v) is 19.3. The van der Waals surface area contributed by atoms with E-state index in [1.54, 1.807) is 18.8 Å². The quantitative estimate of drug-likeness (QED) is 0.514. The molecule has 1 aromatic heterocycles. The summed E-state index contributed by atoms with van der Waals surface area (Å²) in [6, 6.07) is 3.67. The number of piperidine rings is 3. The highest BCUT2D eigenvalue weighted by molar-refractivity contribution is 5.03. The van der Waals surface area contributed by atoms with Gasteiger partial charge in [0.1, 0.15) is 6.61 Å². The van der Waals surface area contributed by atoms with Crippen molar-refractivity contribution in [2.75, 3.05) is 52.7 Å². The lowest BCUT2D eigenvalue weighted by atomic mass is 9.89. The third-order valence-electron chi connectivity index (χ3n) is 5.76. The van der Waals surface area contributed by atoms with Gasteiger partial charge in [-0.05, 0) is 108 Å². The van der Waals surface area contributed by atoms with Gasteiger partial charge in [-0.1, -0.05) is 6.08 Å². The topological polar surface area (TPSA) is 44.1 Å². The van der Waals surface area contributed by atoms with E-state index >= 15 is 0 Å². The molecule has 6 aliphatic rings. The van der Waals surface area contributed by atoms with Gasteiger partial charge in [0.05, 0.1) is 18.8 Å². The Morgan fingerprint density at radius 1 is 0.645 bits per heavy atom. The Balaban J connectivity index is 0.000000139. The molecule has 0 aliphatic carbocycles. The van der Waals surface area contributed by atoms with E-state index in [0.717, 1.165) is 39.0 Å². The number of furan rings is 1. The van der Waals surface area contributed by atoms with Crippen molar-refractivity contribution >= 4 is 0 Å². The first-order valence-corrected chi connectivity index (χ1v) is 12.2. The highest BCUT2D eigenvalue weighted by Crippen LogP contribution is 2.26. The Bertz CT molecular complexity index is 440. The largest absolute Gasteiger partial charge is 0.497 e. The van der Waals surface area contributed by atoms with E-state index in [0.29, 0.717) is 0 Å². The first kappa shape index (κ1) is 25.7. The predicted molar refractivity (Wildman–Crippen MR) is 126 cm³/mol. The van der Waals surface area contributed by atoms with Crippen LogP contribution in [-0.4, -0.2) is 57.6 Å². The van der Waals surface area contributed by atoms with Gasteiger partial charge in [-0.25, -0.2) is 0 Å². The van der Waals surface area contributed by atoms with E-state index in [9.17, 15) is 0 Å². The molecule has 7 rings (SSSR count). The van der Waals surface area contributed by atoms with Crippen LogP contribution in [0.1, 0.15) is 57.8 Å². The van der Waals surface area contributed by atoms with Crippen LogP contribution in [0.25, 0.3) is 0 Å². The Labute approximate surface area is 189 Å². The molecule has 5 heteroatoms. The first-order chi connectivity index (χ1) is 15.4. The molecule has 5 nitrogen and oxygen atoms in total. The van der Waals surface area contributed by atoms with Gasteiger partial charge in [0.15, 0.2) is 0 Å². The van der Waals surface area contributed by atoms with Crippen LogP contribution in [0, 0.1) is 5.92 Å². The lowest BCUT2D eigenvalue weighted by Crippen LogP contribution is -2.41. The summed E-state index contributed by atoms with van der Waals surface area (Å²) in [5.74, 6) is 1.11. The molecule has 0 amide bonds. The number of nitrogens with zero attached hydrogens (tertiary/aromatic N) is 1. The predicted octanol–water partition coefficient (Wildman–Crippen LogP) is 5.84. The van der Waals surface area contributed by atoms with Crippen molar-refractivity contribution in [3.05, 3.63) is 49.1 Å². The second kappa shape index (κ2) is 19.1. The molecule has 7 heterocycles. The Morgan fingerprint density at radius 3 is 1.32 bits per heavy atom. The van der Waals surface area contributed by atoms with Crippen molar-refractivity contribution in [3.8, 4) is 0 Å². The maximum atomic E-state index is 5.07. The summed E-state index contributed by atoms with van der Waals surface area (Å²) in [6.45, 7) is 8.91. The fraction of sp³-hybridized carbons (Fsp3) is 0.692. The van der Waals surface area contributed by atoms with Gasteiger partial charge in [-0.2, -0.15) is 0 Å². The standard InChI is InChI=1S/C7H13N.2C5H10O.C5H6O.C4H4O/c1-4-8-5-2-7(1)3-6-8;3*1-2-4-6-5-3-1;1-2-4-5-3-1/h7H,1-6H2;2*1-5H2;1-4H,5H2;1-4H. The first-order valence-electron chi connectivity index (χ1n) is 12.2. The van der Waals surface area contributed by atoms with Crippen LogP contribution in [0.3, 0.4) is 0 Å². The summed E-state index contributed by atoms with van der Waals surface area (Å²) < 4.78 is 19.5. The molecular weight excluding hydrogens is 390 g/mol. The Kier molecular flexibility index (Phi) is 15.9. The van der Waals surface area contributed by atoms with Crippen LogP contribution in [0.15, 0.2) is 53.6 Å². The molecule has 0 radical (unpaired) electrons. The molecule has 2 bridgehead atoms. The van der Waals surface area contributed by atoms with Crippen LogP contribution in [0.4, 0.5) is 0 Å². The monoisotopic (exact) mass is 433 g/mol. The van der Waals surface area contributed by atoms with Gasteiger partial charge in [-0.3, -0.25) is 0 Å². The second-order valence-electron chi connectivity index (χ2n) is 8.30. The molecule has 0 atom stereocenters. The number of fused-ring (bicyclic) bond motifs is 3. The minimum atomic E-state index is 0.733. The maximum absolute atomic E-state index is 5.07. The average molecular weight is 434 g/mol. The Hall–Kier alpha value is -1.56. The lowest BCUT2D eigenvalue weighted by molar-refractivity contribution is 0.0967. The van der Waals surface area contributed by atoms with Crippen LogP contribution >= 0.6 is 0 Å². The SMILES string of the molecule is C1=CCOC=C1.C1CCOCC1.C1CCOCC1.C1CN2CCC1CC2.c1ccoc1. The summed E-state index contributed by atoms with van der Waals surface area (Å²) in [5.41, 5.74) is 0. The van der Waals surface area contributed by atoms with Crippen molar-refractivity contribution in [3.63, 3.8) is 0 Å². The van der Waals surface area contributed by atoms with Gasteiger partial charge < -0.3 is 23.5 Å². The molecule has 0 N–H and O–H groups in total. The molecule has 5 saturated heterocycles. The lowest BCUT2D eigenvalue weighted by Gasteiger charge is -2.38. The molecule has 31 heavy (non-hydrogen) atoms. The highest BCUT2D eigenvalue weighted by Gasteiger charge is 2.24.